The number of carbonyl (C=O) groups is 2. The summed E-state index contributed by atoms with van der Waals surface area (Å²) in [6.45, 7) is 14.3. The fourth-order valence-electron chi connectivity index (χ4n) is 15.1. The average molecular weight is 957 g/mol. The summed E-state index contributed by atoms with van der Waals surface area (Å²) in [6, 6.07) is 0. The molecule has 382 valence electrons. The second-order valence-corrected chi connectivity index (χ2v) is 23.5. The molecule has 19 nitrogen and oxygen atoms in total. The molecule has 2 unspecified atom stereocenters. The third kappa shape index (κ3) is 8.06. The summed E-state index contributed by atoms with van der Waals surface area (Å²) < 4.78 is 36.1. The number of fused-ring (bicyclic) bond motifs is 7. The monoisotopic (exact) mass is 956 g/mol. The maximum absolute atomic E-state index is 13.2. The van der Waals surface area contributed by atoms with Gasteiger partial charge >= 0.3 is 11.9 Å². The first kappa shape index (κ1) is 51.4. The van der Waals surface area contributed by atoms with Crippen molar-refractivity contribution in [1.82, 2.24) is 0 Å². The van der Waals surface area contributed by atoms with Crippen LogP contribution in [0.1, 0.15) is 113 Å². The number of ether oxygens (including phenoxy) is 6. The predicted molar refractivity (Wildman–Crippen MR) is 231 cm³/mol. The van der Waals surface area contributed by atoms with Crippen LogP contribution in [0.3, 0.4) is 0 Å². The second-order valence-electron chi connectivity index (χ2n) is 23.5. The van der Waals surface area contributed by atoms with Gasteiger partial charge in [-0.2, -0.15) is 0 Å². The third-order valence-corrected chi connectivity index (χ3v) is 19.3. The standard InChI is InChI=1S/C48H76O19/c1-43(2)14-16-48(42(60)61)17-15-46(6)21(22(48)18-43)8-9-26-45(5)12-11-27(44(3,4)25(45)10-13-47(26,46)7)64-41-37(33(56)32(55)35(65-41)38(58)59)67-40-36(31(54)29(52)24(20-50)63-40)66-39-34(57)30(53)28(51)23(19-49)62-39/h8,22-37,39-41,49-57H,9-20H2,1-7H3,(H,58,59)(H,60,61)/t22-,23+,24+,25?,26?,27-,28+,29-,30-,31-,32-,33-,34+,35-,36+,37+,39-,40-,41+,45-,46+,47+,48-/m0/s1. The summed E-state index contributed by atoms with van der Waals surface area (Å²) in [4.78, 5) is 25.6. The van der Waals surface area contributed by atoms with Gasteiger partial charge in [0.15, 0.2) is 25.0 Å². The lowest BCUT2D eigenvalue weighted by Gasteiger charge is -2.71. The zero-order valence-corrected chi connectivity index (χ0v) is 39.7. The van der Waals surface area contributed by atoms with Crippen LogP contribution in [0.4, 0.5) is 0 Å². The van der Waals surface area contributed by atoms with Crippen LogP contribution in [-0.4, -0.2) is 180 Å². The number of aliphatic carboxylic acids is 2. The molecule has 0 bridgehead atoms. The number of allylic oxidation sites excluding steroid dienone is 2. The van der Waals surface area contributed by atoms with Crippen molar-refractivity contribution in [2.24, 2.45) is 50.2 Å². The van der Waals surface area contributed by atoms with Gasteiger partial charge in [-0.05, 0) is 109 Å². The summed E-state index contributed by atoms with van der Waals surface area (Å²) in [5.41, 5.74) is -0.505. The Kier molecular flexibility index (Phi) is 13.8. The predicted octanol–water partition coefficient (Wildman–Crippen LogP) is 0.799. The summed E-state index contributed by atoms with van der Waals surface area (Å²) in [6.07, 6.45) is -17.9. The fraction of sp³-hybridized carbons (Fsp3) is 0.917. The van der Waals surface area contributed by atoms with E-state index >= 15 is 0 Å². The van der Waals surface area contributed by atoms with Gasteiger partial charge in [-0.1, -0.05) is 60.1 Å². The Bertz CT molecular complexity index is 1880. The van der Waals surface area contributed by atoms with E-state index in [0.29, 0.717) is 19.3 Å². The minimum absolute atomic E-state index is 0.0260. The van der Waals surface area contributed by atoms with Crippen molar-refractivity contribution < 1.29 is 94.2 Å². The van der Waals surface area contributed by atoms with Gasteiger partial charge in [0.05, 0.1) is 24.7 Å². The first-order valence-corrected chi connectivity index (χ1v) is 24.3. The molecule has 0 aromatic heterocycles. The van der Waals surface area contributed by atoms with Crippen LogP contribution < -0.4 is 0 Å². The van der Waals surface area contributed by atoms with Crippen LogP contribution in [-0.2, 0) is 38.0 Å². The van der Waals surface area contributed by atoms with Crippen molar-refractivity contribution in [3.05, 3.63) is 11.6 Å². The van der Waals surface area contributed by atoms with Crippen molar-refractivity contribution >= 4 is 11.9 Å². The van der Waals surface area contributed by atoms with E-state index < -0.39 is 134 Å². The van der Waals surface area contributed by atoms with E-state index in [-0.39, 0.29) is 39.4 Å². The maximum Gasteiger partial charge on any atom is 0.335 e. The van der Waals surface area contributed by atoms with E-state index in [2.05, 4.69) is 54.5 Å². The highest BCUT2D eigenvalue weighted by Gasteiger charge is 2.70. The molecule has 3 heterocycles. The number of rotatable bonds is 10. The molecule has 0 spiro atoms. The first-order chi connectivity index (χ1) is 31.2. The van der Waals surface area contributed by atoms with E-state index in [4.69, 9.17) is 28.4 Å². The quantitative estimate of drug-likeness (QED) is 0.107. The van der Waals surface area contributed by atoms with Crippen LogP contribution in [0.25, 0.3) is 0 Å². The van der Waals surface area contributed by atoms with Gasteiger partial charge in [-0.25, -0.2) is 4.79 Å². The SMILES string of the molecule is CC1(C)CC[C@]2(C(=O)O)CC[C@]3(C)C(=CCC4[C@@]5(C)CC[C@H](O[C@@H]6O[C@H](C(=O)O)[C@@H](O)[C@H](O)[C@H]6O[C@@H]6O[C@H](CO)[C@H](O)[C@H](O)[C@H]6O[C@@H]6O[C@H](CO)[C@@H](O)[C@H](O)[C@H]6O)C(C)(C)C5CC[C@]43C)[C@@H]2C1. The number of aliphatic hydroxyl groups excluding tert-OH is 9. The highest BCUT2D eigenvalue weighted by atomic mass is 16.8. The van der Waals surface area contributed by atoms with Crippen LogP contribution in [0.2, 0.25) is 0 Å². The maximum atomic E-state index is 13.2. The van der Waals surface area contributed by atoms with Gasteiger partial charge in [0.2, 0.25) is 0 Å². The number of aliphatic hydroxyl groups is 9. The van der Waals surface area contributed by atoms with E-state index in [1.54, 1.807) is 0 Å². The van der Waals surface area contributed by atoms with Crippen LogP contribution in [0.5, 0.6) is 0 Å². The molecular weight excluding hydrogens is 881 g/mol. The summed E-state index contributed by atoms with van der Waals surface area (Å²) in [5.74, 6) is -1.96. The van der Waals surface area contributed by atoms with Gasteiger partial charge in [-0.15, -0.1) is 0 Å². The minimum Gasteiger partial charge on any atom is -0.481 e. The molecule has 0 amide bonds. The number of hydrogen-bond acceptors (Lipinski definition) is 17. The zero-order chi connectivity index (χ0) is 49.1. The van der Waals surface area contributed by atoms with E-state index in [1.165, 1.54) is 5.57 Å². The molecule has 67 heavy (non-hydrogen) atoms. The highest BCUT2D eigenvalue weighted by Crippen LogP contribution is 2.76. The third-order valence-electron chi connectivity index (χ3n) is 19.3. The van der Waals surface area contributed by atoms with Crippen molar-refractivity contribution in [1.29, 1.82) is 0 Å². The molecule has 5 aliphatic carbocycles. The van der Waals surface area contributed by atoms with Crippen molar-refractivity contribution in [2.45, 2.75) is 211 Å². The molecule has 3 aliphatic heterocycles. The Morgan fingerprint density at radius 2 is 1.19 bits per heavy atom. The molecule has 0 radical (unpaired) electrons. The lowest BCUT2D eigenvalue weighted by Crippen LogP contribution is -2.68. The Labute approximate surface area is 391 Å². The summed E-state index contributed by atoms with van der Waals surface area (Å²) >= 11 is 0. The van der Waals surface area contributed by atoms with Gasteiger partial charge in [0, 0.05) is 0 Å². The molecule has 19 heteroatoms. The summed E-state index contributed by atoms with van der Waals surface area (Å²) in [5, 5.41) is 117. The molecule has 7 fully saturated rings. The fourth-order valence-corrected chi connectivity index (χ4v) is 15.1. The number of carboxylic acid groups (broad SMARTS) is 2. The largest absolute Gasteiger partial charge is 0.481 e. The molecule has 4 saturated carbocycles. The lowest BCUT2D eigenvalue weighted by molar-refractivity contribution is -0.396. The average Bonchev–Trinajstić information content (AvgIpc) is 3.26. The van der Waals surface area contributed by atoms with Crippen LogP contribution in [0, 0.1) is 50.2 Å². The van der Waals surface area contributed by atoms with Crippen molar-refractivity contribution in [3.63, 3.8) is 0 Å². The van der Waals surface area contributed by atoms with Crippen molar-refractivity contribution in [2.75, 3.05) is 13.2 Å². The normalized spacial score (nSPS) is 52.7. The minimum atomic E-state index is -2.07. The molecule has 11 N–H and O–H groups in total. The van der Waals surface area contributed by atoms with E-state index in [1.807, 2.05) is 0 Å². The van der Waals surface area contributed by atoms with Crippen LogP contribution >= 0.6 is 0 Å². The molecule has 8 aliphatic rings. The van der Waals surface area contributed by atoms with Crippen LogP contribution in [0.15, 0.2) is 11.6 Å². The smallest absolute Gasteiger partial charge is 0.335 e. The van der Waals surface area contributed by atoms with Crippen molar-refractivity contribution in [3.8, 4) is 0 Å². The number of hydrogen-bond donors (Lipinski definition) is 11. The second kappa shape index (κ2) is 18.0. The zero-order valence-electron chi connectivity index (χ0n) is 39.7. The molecule has 23 atom stereocenters. The summed E-state index contributed by atoms with van der Waals surface area (Å²) in [7, 11) is 0. The highest BCUT2D eigenvalue weighted by molar-refractivity contribution is 5.76. The van der Waals surface area contributed by atoms with Gasteiger partial charge in [0.1, 0.15) is 67.1 Å². The molecule has 8 rings (SSSR count). The topological polar surface area (TPSA) is 312 Å². The molecule has 0 aromatic rings. The molecule has 0 aromatic carbocycles. The van der Waals surface area contributed by atoms with Gasteiger partial charge < -0.3 is 84.6 Å². The van der Waals surface area contributed by atoms with Gasteiger partial charge in [-0.3, -0.25) is 4.79 Å². The Balaban J connectivity index is 1.06. The first-order valence-electron chi connectivity index (χ1n) is 24.3. The molecular formula is C48H76O19. The Hall–Kier alpha value is -1.92. The van der Waals surface area contributed by atoms with E-state index in [0.717, 1.165) is 44.9 Å². The Morgan fingerprint density at radius 1 is 0.627 bits per heavy atom. The molecule has 3 saturated heterocycles. The number of carboxylic acids is 2. The van der Waals surface area contributed by atoms with Gasteiger partial charge in [0.25, 0.3) is 0 Å². The Morgan fingerprint density at radius 3 is 1.81 bits per heavy atom. The van der Waals surface area contributed by atoms with E-state index in [9.17, 15) is 65.8 Å². The lowest BCUT2D eigenvalue weighted by atomic mass is 9.33.